The van der Waals surface area contributed by atoms with E-state index in [0.29, 0.717) is 17.3 Å². The SMILES string of the molecule is Cc1nc(CC(O)CO)c(N)[nH]1. The second-order valence-electron chi connectivity index (χ2n) is 2.72. The van der Waals surface area contributed by atoms with E-state index in [0.717, 1.165) is 0 Å². The van der Waals surface area contributed by atoms with Gasteiger partial charge in [0.05, 0.1) is 18.4 Å². The number of aromatic nitrogens is 2. The third kappa shape index (κ3) is 1.96. The van der Waals surface area contributed by atoms with Crippen LogP contribution in [0, 0.1) is 6.92 Å². The van der Waals surface area contributed by atoms with E-state index in [1.807, 2.05) is 0 Å². The lowest BCUT2D eigenvalue weighted by Crippen LogP contribution is -2.16. The van der Waals surface area contributed by atoms with Crippen LogP contribution < -0.4 is 5.73 Å². The molecule has 0 saturated heterocycles. The topological polar surface area (TPSA) is 95.2 Å². The van der Waals surface area contributed by atoms with Crippen LogP contribution in [-0.4, -0.2) is 32.9 Å². The standard InChI is InChI=1S/C7H13N3O2/c1-4-9-6(7(8)10-4)2-5(12)3-11/h5,11-12H,2-3,8H2,1H3,(H,9,10). The Labute approximate surface area is 70.2 Å². The van der Waals surface area contributed by atoms with E-state index in [1.54, 1.807) is 6.92 Å². The van der Waals surface area contributed by atoms with E-state index in [1.165, 1.54) is 0 Å². The number of nitrogens with two attached hydrogens (primary N) is 1. The molecule has 0 spiro atoms. The van der Waals surface area contributed by atoms with Crippen LogP contribution >= 0.6 is 0 Å². The van der Waals surface area contributed by atoms with Gasteiger partial charge in [0.15, 0.2) is 0 Å². The molecule has 0 amide bonds. The first-order valence-corrected chi connectivity index (χ1v) is 3.73. The van der Waals surface area contributed by atoms with Gasteiger partial charge in [-0.1, -0.05) is 0 Å². The fraction of sp³-hybridized carbons (Fsp3) is 0.571. The molecule has 0 radical (unpaired) electrons. The molecule has 1 rings (SSSR count). The van der Waals surface area contributed by atoms with Gasteiger partial charge in [0.1, 0.15) is 11.6 Å². The molecule has 1 aromatic heterocycles. The van der Waals surface area contributed by atoms with Crippen LogP contribution in [0.4, 0.5) is 5.82 Å². The molecule has 0 aliphatic carbocycles. The Morgan fingerprint density at radius 3 is 2.75 bits per heavy atom. The molecule has 5 N–H and O–H groups in total. The van der Waals surface area contributed by atoms with E-state index in [9.17, 15) is 0 Å². The number of H-pyrrole nitrogens is 1. The molecule has 1 atom stereocenters. The second-order valence-corrected chi connectivity index (χ2v) is 2.72. The van der Waals surface area contributed by atoms with Gasteiger partial charge in [0.2, 0.25) is 0 Å². The van der Waals surface area contributed by atoms with Crippen LogP contribution in [0.1, 0.15) is 11.5 Å². The zero-order chi connectivity index (χ0) is 9.14. The maximum absolute atomic E-state index is 9.09. The summed E-state index contributed by atoms with van der Waals surface area (Å²) in [4.78, 5) is 6.86. The number of nitrogens with zero attached hydrogens (tertiary/aromatic N) is 1. The van der Waals surface area contributed by atoms with E-state index in [-0.39, 0.29) is 13.0 Å². The Kier molecular flexibility index (Phi) is 2.67. The first-order chi connectivity index (χ1) is 5.63. The van der Waals surface area contributed by atoms with Gasteiger partial charge in [-0.3, -0.25) is 0 Å². The minimum absolute atomic E-state index is 0.272. The predicted molar refractivity (Wildman–Crippen MR) is 44.5 cm³/mol. The zero-order valence-electron chi connectivity index (χ0n) is 6.91. The van der Waals surface area contributed by atoms with Crippen LogP contribution in [-0.2, 0) is 6.42 Å². The Bertz CT molecular complexity index is 259. The predicted octanol–water partition coefficient (Wildman–Crippen LogP) is -0.804. The number of nitrogen functional groups attached to an aromatic ring is 1. The molecule has 12 heavy (non-hydrogen) atoms. The number of hydrogen-bond donors (Lipinski definition) is 4. The van der Waals surface area contributed by atoms with Crippen LogP contribution in [0.15, 0.2) is 0 Å². The first kappa shape index (κ1) is 9.02. The minimum atomic E-state index is -0.782. The van der Waals surface area contributed by atoms with Crippen molar-refractivity contribution in [3.05, 3.63) is 11.5 Å². The van der Waals surface area contributed by atoms with Crippen molar-refractivity contribution in [1.82, 2.24) is 9.97 Å². The number of aromatic amines is 1. The van der Waals surface area contributed by atoms with Gasteiger partial charge in [-0.2, -0.15) is 0 Å². The van der Waals surface area contributed by atoms with Crippen LogP contribution in [0.3, 0.4) is 0 Å². The fourth-order valence-corrected chi connectivity index (χ4v) is 1.00. The molecular weight excluding hydrogens is 158 g/mol. The quantitative estimate of drug-likeness (QED) is 0.478. The largest absolute Gasteiger partial charge is 0.394 e. The number of aliphatic hydroxyl groups excluding tert-OH is 2. The molecule has 0 saturated carbocycles. The fourth-order valence-electron chi connectivity index (χ4n) is 1.00. The average Bonchev–Trinajstić information content (AvgIpc) is 2.30. The molecule has 0 fully saturated rings. The lowest BCUT2D eigenvalue weighted by atomic mass is 10.2. The van der Waals surface area contributed by atoms with Crippen LogP contribution in [0.5, 0.6) is 0 Å². The minimum Gasteiger partial charge on any atom is -0.394 e. The highest BCUT2D eigenvalue weighted by Crippen LogP contribution is 2.09. The van der Waals surface area contributed by atoms with Crippen molar-refractivity contribution in [3.63, 3.8) is 0 Å². The number of imidazole rings is 1. The summed E-state index contributed by atoms with van der Waals surface area (Å²) in [6.45, 7) is 1.51. The van der Waals surface area contributed by atoms with Crippen molar-refractivity contribution in [2.24, 2.45) is 0 Å². The molecule has 0 aliphatic heterocycles. The molecule has 68 valence electrons. The smallest absolute Gasteiger partial charge is 0.124 e. The maximum atomic E-state index is 9.09. The van der Waals surface area contributed by atoms with Gasteiger partial charge in [0.25, 0.3) is 0 Å². The first-order valence-electron chi connectivity index (χ1n) is 3.73. The Morgan fingerprint density at radius 1 is 1.67 bits per heavy atom. The van der Waals surface area contributed by atoms with Gasteiger partial charge >= 0.3 is 0 Å². The van der Waals surface area contributed by atoms with Gasteiger partial charge in [0, 0.05) is 6.42 Å². The normalized spacial score (nSPS) is 13.2. The van der Waals surface area contributed by atoms with Crippen molar-refractivity contribution in [3.8, 4) is 0 Å². The molecule has 1 unspecified atom stereocenters. The molecule has 0 bridgehead atoms. The van der Waals surface area contributed by atoms with Crippen molar-refractivity contribution < 1.29 is 10.2 Å². The van der Waals surface area contributed by atoms with Gasteiger partial charge < -0.3 is 20.9 Å². The zero-order valence-corrected chi connectivity index (χ0v) is 6.91. The van der Waals surface area contributed by atoms with Gasteiger partial charge in [-0.15, -0.1) is 0 Å². The summed E-state index contributed by atoms with van der Waals surface area (Å²) < 4.78 is 0. The summed E-state index contributed by atoms with van der Waals surface area (Å²) in [5.41, 5.74) is 6.14. The third-order valence-electron chi connectivity index (χ3n) is 1.57. The Hall–Kier alpha value is -1.07. The van der Waals surface area contributed by atoms with Gasteiger partial charge in [-0.05, 0) is 6.92 Å². The Balaban J connectivity index is 2.68. The summed E-state index contributed by atoms with van der Waals surface area (Å²) in [5.74, 6) is 1.17. The number of hydrogen-bond acceptors (Lipinski definition) is 4. The molecular formula is C7H13N3O2. The highest BCUT2D eigenvalue weighted by molar-refractivity contribution is 5.35. The number of aryl methyl sites for hydroxylation is 1. The summed E-state index contributed by atoms with van der Waals surface area (Å²) in [6, 6.07) is 0. The monoisotopic (exact) mass is 171 g/mol. The number of nitrogens with one attached hydrogen (secondary N) is 1. The summed E-state index contributed by atoms with van der Waals surface area (Å²) in [6.07, 6.45) is -0.498. The molecule has 0 aromatic carbocycles. The molecule has 0 aliphatic rings. The number of anilines is 1. The maximum Gasteiger partial charge on any atom is 0.124 e. The van der Waals surface area contributed by atoms with Crippen molar-refractivity contribution >= 4 is 5.82 Å². The van der Waals surface area contributed by atoms with Crippen LogP contribution in [0.2, 0.25) is 0 Å². The Morgan fingerprint density at radius 2 is 2.33 bits per heavy atom. The van der Waals surface area contributed by atoms with E-state index < -0.39 is 6.10 Å². The molecule has 1 aromatic rings. The average molecular weight is 171 g/mol. The van der Waals surface area contributed by atoms with E-state index in [4.69, 9.17) is 15.9 Å². The highest BCUT2D eigenvalue weighted by Gasteiger charge is 2.09. The number of aliphatic hydroxyl groups is 2. The molecule has 5 nitrogen and oxygen atoms in total. The van der Waals surface area contributed by atoms with Crippen molar-refractivity contribution in [2.45, 2.75) is 19.4 Å². The second kappa shape index (κ2) is 3.55. The molecule has 5 heteroatoms. The lowest BCUT2D eigenvalue weighted by Gasteiger charge is -2.03. The van der Waals surface area contributed by atoms with E-state index >= 15 is 0 Å². The third-order valence-corrected chi connectivity index (χ3v) is 1.57. The van der Waals surface area contributed by atoms with Crippen molar-refractivity contribution in [2.75, 3.05) is 12.3 Å². The molecule has 1 heterocycles. The number of rotatable bonds is 3. The van der Waals surface area contributed by atoms with Crippen molar-refractivity contribution in [1.29, 1.82) is 0 Å². The lowest BCUT2D eigenvalue weighted by molar-refractivity contribution is 0.0949. The summed E-state index contributed by atoms with van der Waals surface area (Å²) in [5, 5.41) is 17.7. The summed E-state index contributed by atoms with van der Waals surface area (Å²) in [7, 11) is 0. The van der Waals surface area contributed by atoms with Crippen LogP contribution in [0.25, 0.3) is 0 Å². The van der Waals surface area contributed by atoms with E-state index in [2.05, 4.69) is 9.97 Å². The highest BCUT2D eigenvalue weighted by atomic mass is 16.3. The summed E-state index contributed by atoms with van der Waals surface area (Å²) >= 11 is 0. The van der Waals surface area contributed by atoms with Gasteiger partial charge in [-0.25, -0.2) is 4.98 Å².